The molecular formula is C19H21N3O4S. The topological polar surface area (TPSA) is 82.8 Å². The summed E-state index contributed by atoms with van der Waals surface area (Å²) >= 11 is 1.35. The van der Waals surface area contributed by atoms with Gasteiger partial charge in [0.2, 0.25) is 4.96 Å². The highest BCUT2D eigenvalue weighted by molar-refractivity contribution is 7.16. The number of hydrogen-bond acceptors (Lipinski definition) is 7. The normalized spacial score (nSPS) is 10.9. The van der Waals surface area contributed by atoms with E-state index in [9.17, 15) is 9.59 Å². The van der Waals surface area contributed by atoms with E-state index in [1.54, 1.807) is 0 Å². The van der Waals surface area contributed by atoms with Gasteiger partial charge in [-0.15, -0.1) is 0 Å². The number of rotatable bonds is 7. The van der Waals surface area contributed by atoms with Crippen molar-refractivity contribution in [3.05, 3.63) is 56.4 Å². The molecule has 0 saturated carbocycles. The lowest BCUT2D eigenvalue weighted by atomic mass is 10.1. The predicted octanol–water partition coefficient (Wildman–Crippen LogP) is 2.84. The Morgan fingerprint density at radius 3 is 2.85 bits per heavy atom. The molecule has 2 heterocycles. The van der Waals surface area contributed by atoms with E-state index in [-0.39, 0.29) is 25.2 Å². The van der Waals surface area contributed by atoms with E-state index < -0.39 is 5.97 Å². The number of aryl methyl sites for hydroxylation is 3. The molecule has 8 heteroatoms. The second-order valence-corrected chi connectivity index (χ2v) is 7.20. The van der Waals surface area contributed by atoms with Crippen LogP contribution in [0.25, 0.3) is 4.96 Å². The molecule has 0 atom stereocenters. The Morgan fingerprint density at radius 1 is 1.26 bits per heavy atom. The van der Waals surface area contributed by atoms with Gasteiger partial charge < -0.3 is 9.47 Å². The average Bonchev–Trinajstić information content (AvgIpc) is 3.07. The number of carbonyl (C=O) groups is 1. The van der Waals surface area contributed by atoms with E-state index in [1.165, 1.54) is 21.9 Å². The molecule has 0 unspecified atom stereocenters. The Hall–Kier alpha value is -2.74. The zero-order valence-electron chi connectivity index (χ0n) is 15.5. The summed E-state index contributed by atoms with van der Waals surface area (Å²) in [6, 6.07) is 7.26. The third-order valence-corrected chi connectivity index (χ3v) is 4.98. The largest absolute Gasteiger partial charge is 0.493 e. The number of hydrogen-bond donors (Lipinski definition) is 0. The van der Waals surface area contributed by atoms with Crippen LogP contribution in [0.3, 0.4) is 0 Å². The summed E-state index contributed by atoms with van der Waals surface area (Å²) in [7, 11) is 0. The van der Waals surface area contributed by atoms with Crippen molar-refractivity contribution in [2.24, 2.45) is 0 Å². The Morgan fingerprint density at radius 2 is 2.07 bits per heavy atom. The summed E-state index contributed by atoms with van der Waals surface area (Å²) in [6.07, 6.45) is 0.855. The highest BCUT2D eigenvalue weighted by Crippen LogP contribution is 2.19. The van der Waals surface area contributed by atoms with E-state index in [0.29, 0.717) is 10.7 Å². The van der Waals surface area contributed by atoms with Crippen LogP contribution in [-0.4, -0.2) is 27.2 Å². The van der Waals surface area contributed by atoms with E-state index in [1.807, 2.05) is 39.0 Å². The van der Waals surface area contributed by atoms with Gasteiger partial charge in [-0.25, -0.2) is 4.98 Å². The minimum atomic E-state index is -0.402. The molecule has 0 fully saturated rings. The van der Waals surface area contributed by atoms with Crippen molar-refractivity contribution >= 4 is 22.3 Å². The maximum atomic E-state index is 12.1. The third kappa shape index (κ3) is 4.71. The van der Waals surface area contributed by atoms with Crippen LogP contribution in [0.1, 0.15) is 35.2 Å². The minimum Gasteiger partial charge on any atom is -0.493 e. The number of benzene rings is 1. The number of fused-ring (bicyclic) bond motifs is 1. The van der Waals surface area contributed by atoms with E-state index in [0.717, 1.165) is 28.3 Å². The highest BCUT2D eigenvalue weighted by Gasteiger charge is 2.10. The zero-order chi connectivity index (χ0) is 19.4. The summed E-state index contributed by atoms with van der Waals surface area (Å²) in [5.74, 6) is 0.362. The van der Waals surface area contributed by atoms with Crippen molar-refractivity contribution in [1.82, 2.24) is 14.6 Å². The lowest BCUT2D eigenvalue weighted by Gasteiger charge is -2.10. The van der Waals surface area contributed by atoms with Crippen LogP contribution < -0.4 is 10.3 Å². The summed E-state index contributed by atoms with van der Waals surface area (Å²) < 4.78 is 12.1. The van der Waals surface area contributed by atoms with E-state index in [4.69, 9.17) is 9.47 Å². The first-order chi connectivity index (χ1) is 13.0. The number of carbonyl (C=O) groups excluding carboxylic acids is 1. The molecule has 0 amide bonds. The van der Waals surface area contributed by atoms with Gasteiger partial charge in [-0.2, -0.15) is 9.61 Å². The summed E-state index contributed by atoms with van der Waals surface area (Å²) in [5, 5.41) is 5.02. The van der Waals surface area contributed by atoms with Crippen LogP contribution in [0, 0.1) is 13.8 Å². The molecule has 7 nitrogen and oxygen atoms in total. The Kier molecular flexibility index (Phi) is 5.85. The smallest absolute Gasteiger partial charge is 0.309 e. The number of nitrogens with zero attached hydrogens (tertiary/aromatic N) is 3. The van der Waals surface area contributed by atoms with E-state index in [2.05, 4.69) is 10.1 Å². The van der Waals surface area contributed by atoms with Crippen molar-refractivity contribution < 1.29 is 14.3 Å². The molecule has 0 bridgehead atoms. The van der Waals surface area contributed by atoms with Crippen molar-refractivity contribution in [2.45, 2.75) is 40.2 Å². The molecule has 0 saturated heterocycles. The first kappa shape index (κ1) is 19.0. The molecule has 0 aliphatic carbocycles. The quantitative estimate of drug-likeness (QED) is 0.580. The zero-order valence-corrected chi connectivity index (χ0v) is 16.3. The fraction of sp³-hybridized carbons (Fsp3) is 0.368. The summed E-state index contributed by atoms with van der Waals surface area (Å²) in [5.41, 5.74) is 2.25. The lowest BCUT2D eigenvalue weighted by molar-refractivity contribution is -0.145. The molecule has 1 aromatic carbocycles. The standard InChI is InChI=1S/C19H21N3O4S/c1-4-16-21-22-17(23)10-14(20-19(22)27-16)11-26-18(24)7-8-25-15-9-12(2)5-6-13(15)3/h5-6,9-10H,4,7-8,11H2,1-3H3. The first-order valence-corrected chi connectivity index (χ1v) is 9.52. The molecule has 0 N–H and O–H groups in total. The molecular weight excluding hydrogens is 366 g/mol. The van der Waals surface area contributed by atoms with Crippen LogP contribution in [-0.2, 0) is 22.6 Å². The van der Waals surface area contributed by atoms with Gasteiger partial charge in [0.1, 0.15) is 17.4 Å². The monoisotopic (exact) mass is 387 g/mol. The molecule has 27 heavy (non-hydrogen) atoms. The number of aromatic nitrogens is 3. The lowest BCUT2D eigenvalue weighted by Crippen LogP contribution is -2.17. The van der Waals surface area contributed by atoms with Gasteiger partial charge in [-0.3, -0.25) is 9.59 Å². The summed E-state index contributed by atoms with van der Waals surface area (Å²) in [4.78, 5) is 28.8. The maximum Gasteiger partial charge on any atom is 0.309 e. The molecule has 2 aromatic heterocycles. The van der Waals surface area contributed by atoms with Crippen molar-refractivity contribution in [3.63, 3.8) is 0 Å². The van der Waals surface area contributed by atoms with Gasteiger partial charge in [-0.05, 0) is 37.5 Å². The molecule has 3 rings (SSSR count). The fourth-order valence-corrected chi connectivity index (χ4v) is 3.30. The van der Waals surface area contributed by atoms with Crippen molar-refractivity contribution in [1.29, 1.82) is 0 Å². The van der Waals surface area contributed by atoms with Crippen LogP contribution in [0.4, 0.5) is 0 Å². The highest BCUT2D eigenvalue weighted by atomic mass is 32.1. The van der Waals surface area contributed by atoms with Gasteiger partial charge in [-0.1, -0.05) is 30.4 Å². The van der Waals surface area contributed by atoms with Crippen molar-refractivity contribution in [3.8, 4) is 5.75 Å². The Bertz CT molecular complexity index is 1030. The van der Waals surface area contributed by atoms with Crippen LogP contribution in [0.2, 0.25) is 0 Å². The molecule has 0 spiro atoms. The molecule has 3 aromatic rings. The number of ether oxygens (including phenoxy) is 2. The Labute approximate surface area is 160 Å². The van der Waals surface area contributed by atoms with Gasteiger partial charge in [0, 0.05) is 6.07 Å². The van der Waals surface area contributed by atoms with Crippen molar-refractivity contribution in [2.75, 3.05) is 6.61 Å². The van der Waals surface area contributed by atoms with Crippen LogP contribution in [0.15, 0.2) is 29.1 Å². The van der Waals surface area contributed by atoms with Gasteiger partial charge >= 0.3 is 5.97 Å². The minimum absolute atomic E-state index is 0.0482. The van der Waals surface area contributed by atoms with Gasteiger partial charge in [0.25, 0.3) is 5.56 Å². The second kappa shape index (κ2) is 8.30. The third-order valence-electron chi connectivity index (χ3n) is 3.93. The van der Waals surface area contributed by atoms with Gasteiger partial charge in [0.15, 0.2) is 0 Å². The Balaban J connectivity index is 1.54. The maximum absolute atomic E-state index is 12.1. The van der Waals surface area contributed by atoms with Gasteiger partial charge in [0.05, 0.1) is 18.7 Å². The second-order valence-electron chi connectivity index (χ2n) is 6.16. The summed E-state index contributed by atoms with van der Waals surface area (Å²) in [6.45, 7) is 6.09. The van der Waals surface area contributed by atoms with Crippen LogP contribution in [0.5, 0.6) is 5.75 Å². The molecule has 142 valence electrons. The van der Waals surface area contributed by atoms with Crippen LogP contribution >= 0.6 is 11.3 Å². The first-order valence-electron chi connectivity index (χ1n) is 8.70. The fourth-order valence-electron chi connectivity index (χ4n) is 2.45. The molecule has 0 aliphatic rings. The predicted molar refractivity (Wildman–Crippen MR) is 102 cm³/mol. The van der Waals surface area contributed by atoms with E-state index >= 15 is 0 Å². The number of esters is 1. The SMILES string of the molecule is CCc1nn2c(=O)cc(COC(=O)CCOc3cc(C)ccc3C)nc2s1. The average molecular weight is 387 g/mol. The molecule has 0 radical (unpaired) electrons. The molecule has 0 aliphatic heterocycles.